The number of benzene rings is 1. The van der Waals surface area contributed by atoms with Gasteiger partial charge in [0.05, 0.1) is 6.20 Å². The Bertz CT molecular complexity index is 589. The molecule has 100 valence electrons. The maximum absolute atomic E-state index is 11.9. The number of aryl methyl sites for hydroxylation is 2. The summed E-state index contributed by atoms with van der Waals surface area (Å²) in [6, 6.07) is 8.24. The Labute approximate surface area is 112 Å². The van der Waals surface area contributed by atoms with Crippen LogP contribution < -0.4 is 11.1 Å². The summed E-state index contributed by atoms with van der Waals surface area (Å²) in [6.45, 7) is 2.63. The molecule has 5 nitrogen and oxygen atoms in total. The molecule has 1 heterocycles. The van der Waals surface area contributed by atoms with Crippen molar-refractivity contribution in [2.75, 3.05) is 12.3 Å². The van der Waals surface area contributed by atoms with Crippen LogP contribution in [0.25, 0.3) is 0 Å². The molecule has 0 aliphatic heterocycles. The number of nitrogens with zero attached hydrogens (tertiary/aromatic N) is 2. The van der Waals surface area contributed by atoms with Gasteiger partial charge >= 0.3 is 0 Å². The second-order valence-corrected chi connectivity index (χ2v) is 4.56. The molecule has 0 spiro atoms. The highest BCUT2D eigenvalue weighted by Crippen LogP contribution is 2.09. The molecule has 0 radical (unpaired) electrons. The molecule has 2 rings (SSSR count). The minimum atomic E-state index is -0.182. The lowest BCUT2D eigenvalue weighted by Gasteiger charge is -2.05. The largest absolute Gasteiger partial charge is 0.383 e. The number of nitrogen functional groups attached to an aromatic ring is 1. The number of rotatable bonds is 4. The lowest BCUT2D eigenvalue weighted by Crippen LogP contribution is -2.26. The Hall–Kier alpha value is -2.30. The summed E-state index contributed by atoms with van der Waals surface area (Å²) < 4.78 is 1.48. The van der Waals surface area contributed by atoms with Gasteiger partial charge in [-0.1, -0.05) is 29.8 Å². The van der Waals surface area contributed by atoms with Crippen LogP contribution in [0.4, 0.5) is 5.82 Å². The average Bonchev–Trinajstić information content (AvgIpc) is 2.70. The first-order valence-corrected chi connectivity index (χ1v) is 6.19. The first-order chi connectivity index (χ1) is 9.08. The first kappa shape index (κ1) is 13.1. The van der Waals surface area contributed by atoms with Crippen molar-refractivity contribution in [3.05, 3.63) is 47.2 Å². The van der Waals surface area contributed by atoms with E-state index in [1.807, 2.05) is 6.07 Å². The summed E-state index contributed by atoms with van der Waals surface area (Å²) in [5.41, 5.74) is 8.60. The number of amides is 1. The van der Waals surface area contributed by atoms with Gasteiger partial charge in [0, 0.05) is 13.6 Å². The van der Waals surface area contributed by atoms with Crippen molar-refractivity contribution in [1.29, 1.82) is 0 Å². The Morgan fingerprint density at radius 1 is 1.47 bits per heavy atom. The van der Waals surface area contributed by atoms with Crippen molar-refractivity contribution >= 4 is 11.7 Å². The van der Waals surface area contributed by atoms with Crippen LogP contribution in [0.15, 0.2) is 30.5 Å². The Balaban J connectivity index is 1.89. The van der Waals surface area contributed by atoms with Crippen molar-refractivity contribution in [1.82, 2.24) is 15.1 Å². The van der Waals surface area contributed by atoms with Crippen LogP contribution >= 0.6 is 0 Å². The summed E-state index contributed by atoms with van der Waals surface area (Å²) >= 11 is 0. The van der Waals surface area contributed by atoms with Gasteiger partial charge < -0.3 is 11.1 Å². The zero-order chi connectivity index (χ0) is 13.8. The zero-order valence-electron chi connectivity index (χ0n) is 11.2. The maximum atomic E-state index is 11.9. The number of hydrogen-bond donors (Lipinski definition) is 2. The van der Waals surface area contributed by atoms with Gasteiger partial charge in [0.1, 0.15) is 11.4 Å². The number of carbonyl (C=O) groups is 1. The van der Waals surface area contributed by atoms with Crippen molar-refractivity contribution in [3.63, 3.8) is 0 Å². The molecule has 0 aliphatic carbocycles. The van der Waals surface area contributed by atoms with E-state index >= 15 is 0 Å². The molecule has 0 unspecified atom stereocenters. The minimum absolute atomic E-state index is 0.182. The zero-order valence-corrected chi connectivity index (χ0v) is 11.2. The molecule has 1 aromatic carbocycles. The van der Waals surface area contributed by atoms with Gasteiger partial charge in [-0.25, -0.2) is 0 Å². The molecule has 1 amide bonds. The molecule has 5 heteroatoms. The molecule has 0 bridgehead atoms. The van der Waals surface area contributed by atoms with Gasteiger partial charge in [0.15, 0.2) is 0 Å². The van der Waals surface area contributed by atoms with Crippen molar-refractivity contribution < 1.29 is 4.79 Å². The summed E-state index contributed by atoms with van der Waals surface area (Å²) in [4.78, 5) is 11.9. The van der Waals surface area contributed by atoms with Gasteiger partial charge in [-0.05, 0) is 18.9 Å². The molecule has 19 heavy (non-hydrogen) atoms. The van der Waals surface area contributed by atoms with Gasteiger partial charge in [0.2, 0.25) is 0 Å². The standard InChI is InChI=1S/C14H18N4O/c1-10-4-3-5-11(8-10)6-7-16-14(19)12-9-17-18(2)13(12)15/h3-5,8-9H,6-7,15H2,1-2H3,(H,16,19). The van der Waals surface area contributed by atoms with E-state index in [0.29, 0.717) is 17.9 Å². The lowest BCUT2D eigenvalue weighted by atomic mass is 10.1. The van der Waals surface area contributed by atoms with E-state index in [-0.39, 0.29) is 5.91 Å². The van der Waals surface area contributed by atoms with Crippen molar-refractivity contribution in [2.24, 2.45) is 7.05 Å². The van der Waals surface area contributed by atoms with E-state index in [1.54, 1.807) is 7.05 Å². The summed E-state index contributed by atoms with van der Waals surface area (Å²) in [7, 11) is 1.71. The Morgan fingerprint density at radius 3 is 2.89 bits per heavy atom. The molecule has 0 fully saturated rings. The number of nitrogens with two attached hydrogens (primary N) is 1. The van der Waals surface area contributed by atoms with Crippen LogP contribution in [0.1, 0.15) is 21.5 Å². The second-order valence-electron chi connectivity index (χ2n) is 4.56. The topological polar surface area (TPSA) is 72.9 Å². The monoisotopic (exact) mass is 258 g/mol. The normalized spacial score (nSPS) is 10.4. The molecular weight excluding hydrogens is 240 g/mol. The number of aromatic nitrogens is 2. The highest BCUT2D eigenvalue weighted by atomic mass is 16.1. The molecule has 0 atom stereocenters. The van der Waals surface area contributed by atoms with Gasteiger partial charge in [0.25, 0.3) is 5.91 Å². The molecule has 0 aliphatic rings. The maximum Gasteiger partial charge on any atom is 0.256 e. The van der Waals surface area contributed by atoms with E-state index < -0.39 is 0 Å². The van der Waals surface area contributed by atoms with Crippen LogP contribution in [0.5, 0.6) is 0 Å². The minimum Gasteiger partial charge on any atom is -0.383 e. The highest BCUT2D eigenvalue weighted by molar-refractivity contribution is 5.98. The van der Waals surface area contributed by atoms with Gasteiger partial charge in [-0.3, -0.25) is 9.48 Å². The second kappa shape index (κ2) is 5.56. The predicted octanol–water partition coefficient (Wildman–Crippen LogP) is 1.28. The summed E-state index contributed by atoms with van der Waals surface area (Å²) in [6.07, 6.45) is 2.28. The van der Waals surface area contributed by atoms with Crippen LogP contribution in [0.3, 0.4) is 0 Å². The van der Waals surface area contributed by atoms with Crippen LogP contribution in [-0.4, -0.2) is 22.2 Å². The van der Waals surface area contributed by atoms with Crippen molar-refractivity contribution in [2.45, 2.75) is 13.3 Å². The van der Waals surface area contributed by atoms with Crippen LogP contribution in [-0.2, 0) is 13.5 Å². The fourth-order valence-corrected chi connectivity index (χ4v) is 1.91. The Morgan fingerprint density at radius 2 is 2.26 bits per heavy atom. The van der Waals surface area contributed by atoms with Gasteiger partial charge in [-0.2, -0.15) is 5.10 Å². The lowest BCUT2D eigenvalue weighted by molar-refractivity contribution is 0.0955. The van der Waals surface area contributed by atoms with E-state index in [2.05, 4.69) is 35.5 Å². The number of carbonyl (C=O) groups excluding carboxylic acids is 1. The smallest absolute Gasteiger partial charge is 0.256 e. The van der Waals surface area contributed by atoms with Crippen LogP contribution in [0.2, 0.25) is 0 Å². The average molecular weight is 258 g/mol. The van der Waals surface area contributed by atoms with E-state index in [0.717, 1.165) is 6.42 Å². The third-order valence-corrected chi connectivity index (χ3v) is 3.01. The highest BCUT2D eigenvalue weighted by Gasteiger charge is 2.12. The third-order valence-electron chi connectivity index (χ3n) is 3.01. The van der Waals surface area contributed by atoms with E-state index in [9.17, 15) is 4.79 Å². The number of anilines is 1. The third kappa shape index (κ3) is 3.13. The quantitative estimate of drug-likeness (QED) is 0.867. The van der Waals surface area contributed by atoms with E-state index in [1.165, 1.54) is 22.0 Å². The SMILES string of the molecule is Cc1cccc(CCNC(=O)c2cnn(C)c2N)c1. The van der Waals surface area contributed by atoms with Crippen molar-refractivity contribution in [3.8, 4) is 0 Å². The first-order valence-electron chi connectivity index (χ1n) is 6.19. The molecule has 0 saturated carbocycles. The molecule has 0 saturated heterocycles. The van der Waals surface area contributed by atoms with E-state index in [4.69, 9.17) is 5.73 Å². The summed E-state index contributed by atoms with van der Waals surface area (Å²) in [5.74, 6) is 0.200. The van der Waals surface area contributed by atoms with Gasteiger partial charge in [-0.15, -0.1) is 0 Å². The molecular formula is C14H18N4O. The Kier molecular flexibility index (Phi) is 3.85. The molecule has 1 aromatic heterocycles. The molecule has 2 aromatic rings. The number of hydrogen-bond acceptors (Lipinski definition) is 3. The fraction of sp³-hybridized carbons (Fsp3) is 0.286. The molecule has 3 N–H and O–H groups in total. The van der Waals surface area contributed by atoms with Crippen LogP contribution in [0, 0.1) is 6.92 Å². The fourth-order valence-electron chi connectivity index (χ4n) is 1.91. The predicted molar refractivity (Wildman–Crippen MR) is 74.8 cm³/mol. The number of nitrogens with one attached hydrogen (secondary N) is 1. The summed E-state index contributed by atoms with van der Waals surface area (Å²) in [5, 5.41) is 6.79.